The van der Waals surface area contributed by atoms with Crippen LogP contribution in [0, 0.1) is 24.2 Å². The topological polar surface area (TPSA) is 59.3 Å². The molecule has 0 bridgehead atoms. The average molecular weight is 576 g/mol. The van der Waals surface area contributed by atoms with Crippen molar-refractivity contribution in [1.29, 1.82) is 5.26 Å². The van der Waals surface area contributed by atoms with Gasteiger partial charge in [0.15, 0.2) is 0 Å². The summed E-state index contributed by atoms with van der Waals surface area (Å²) in [6, 6.07) is 18.1. The van der Waals surface area contributed by atoms with Crippen molar-refractivity contribution >= 4 is 25.5 Å². The van der Waals surface area contributed by atoms with Crippen molar-refractivity contribution in [3.05, 3.63) is 70.8 Å². The lowest BCUT2D eigenvalue weighted by atomic mass is 9.68. The van der Waals surface area contributed by atoms with Gasteiger partial charge in [-0.3, -0.25) is 0 Å². The SMILES string of the molecule is CCCC(C#N)(c1cccc([Si](OCC(C)c2cc(C)cc(/C=C/C(=O)OCC)c2)(C(C)C)C(C)C)c1)C(C)CC. The molecule has 0 aromatic heterocycles. The molecule has 41 heavy (non-hydrogen) atoms. The largest absolute Gasteiger partial charge is 0.463 e. The second kappa shape index (κ2) is 15.5. The zero-order valence-electron chi connectivity index (χ0n) is 27.2. The molecule has 0 spiro atoms. The predicted molar refractivity (Wildman–Crippen MR) is 175 cm³/mol. The molecule has 0 amide bonds. The molecular formula is C36H53NO3Si. The highest BCUT2D eigenvalue weighted by Gasteiger charge is 2.46. The Kier molecular flexibility index (Phi) is 13.1. The molecule has 0 saturated carbocycles. The molecule has 0 aliphatic heterocycles. The van der Waals surface area contributed by atoms with Crippen LogP contribution in [0.3, 0.4) is 0 Å². The molecule has 5 heteroatoms. The fraction of sp³-hybridized carbons (Fsp3) is 0.556. The van der Waals surface area contributed by atoms with Crippen LogP contribution in [-0.4, -0.2) is 27.5 Å². The van der Waals surface area contributed by atoms with Gasteiger partial charge in [0.1, 0.15) is 0 Å². The molecule has 0 aliphatic rings. The van der Waals surface area contributed by atoms with Crippen molar-refractivity contribution in [3.8, 4) is 6.07 Å². The summed E-state index contributed by atoms with van der Waals surface area (Å²) in [7, 11) is -2.46. The molecule has 2 aromatic rings. The molecule has 0 aliphatic carbocycles. The number of benzene rings is 2. The molecule has 0 heterocycles. The highest BCUT2D eigenvalue weighted by Crippen LogP contribution is 2.40. The lowest BCUT2D eigenvalue weighted by Crippen LogP contribution is -2.56. The van der Waals surface area contributed by atoms with Gasteiger partial charge in [-0.25, -0.2) is 4.79 Å². The molecular weight excluding hydrogens is 522 g/mol. The van der Waals surface area contributed by atoms with E-state index in [1.807, 2.05) is 13.0 Å². The van der Waals surface area contributed by atoms with Crippen LogP contribution in [0.4, 0.5) is 0 Å². The van der Waals surface area contributed by atoms with E-state index in [0.29, 0.717) is 24.3 Å². The Morgan fingerprint density at radius 2 is 1.71 bits per heavy atom. The van der Waals surface area contributed by atoms with Crippen LogP contribution in [0.1, 0.15) is 110 Å². The molecule has 4 nitrogen and oxygen atoms in total. The summed E-state index contributed by atoms with van der Waals surface area (Å²) in [5, 5.41) is 11.8. The van der Waals surface area contributed by atoms with Gasteiger partial charge in [0.2, 0.25) is 8.32 Å². The van der Waals surface area contributed by atoms with E-state index in [4.69, 9.17) is 9.16 Å². The highest BCUT2D eigenvalue weighted by molar-refractivity contribution is 6.88. The first-order valence-corrected chi connectivity index (χ1v) is 17.6. The Bertz CT molecular complexity index is 1200. The summed E-state index contributed by atoms with van der Waals surface area (Å²) >= 11 is 0. The van der Waals surface area contributed by atoms with Gasteiger partial charge < -0.3 is 9.16 Å². The Morgan fingerprint density at radius 3 is 2.27 bits per heavy atom. The van der Waals surface area contributed by atoms with Crippen molar-refractivity contribution in [2.75, 3.05) is 13.2 Å². The Morgan fingerprint density at radius 1 is 1.02 bits per heavy atom. The van der Waals surface area contributed by atoms with E-state index in [1.54, 1.807) is 0 Å². The summed E-state index contributed by atoms with van der Waals surface area (Å²) in [6.07, 6.45) is 6.11. The van der Waals surface area contributed by atoms with Crippen molar-refractivity contribution < 1.29 is 14.0 Å². The average Bonchev–Trinajstić information content (AvgIpc) is 2.94. The van der Waals surface area contributed by atoms with Gasteiger partial charge >= 0.3 is 5.97 Å². The van der Waals surface area contributed by atoms with E-state index in [9.17, 15) is 10.1 Å². The van der Waals surface area contributed by atoms with E-state index < -0.39 is 13.7 Å². The van der Waals surface area contributed by atoms with Crippen molar-refractivity contribution in [2.45, 2.75) is 111 Å². The minimum atomic E-state index is -2.46. The van der Waals surface area contributed by atoms with Crippen molar-refractivity contribution in [1.82, 2.24) is 0 Å². The summed E-state index contributed by atoms with van der Waals surface area (Å²) < 4.78 is 12.2. The maximum absolute atomic E-state index is 11.8. The third-order valence-electron chi connectivity index (χ3n) is 8.80. The Hall–Kier alpha value is -2.68. The second-order valence-corrected chi connectivity index (χ2v) is 17.1. The van der Waals surface area contributed by atoms with Crippen LogP contribution < -0.4 is 5.19 Å². The number of aryl methyl sites for hydroxylation is 1. The number of esters is 1. The maximum atomic E-state index is 11.8. The molecule has 0 radical (unpaired) electrons. The summed E-state index contributed by atoms with van der Waals surface area (Å²) in [5.41, 5.74) is 4.69. The minimum Gasteiger partial charge on any atom is -0.463 e. The predicted octanol–water partition coefficient (Wildman–Crippen LogP) is 8.97. The molecule has 3 unspecified atom stereocenters. The van der Waals surface area contributed by atoms with Crippen LogP contribution in [0.5, 0.6) is 0 Å². The molecule has 0 saturated heterocycles. The van der Waals surface area contributed by atoms with Gasteiger partial charge in [0, 0.05) is 18.6 Å². The Labute approximate surface area is 251 Å². The first-order valence-electron chi connectivity index (χ1n) is 15.5. The number of ether oxygens (including phenoxy) is 1. The van der Waals surface area contributed by atoms with Crippen molar-refractivity contribution in [2.24, 2.45) is 5.92 Å². The van der Waals surface area contributed by atoms with E-state index in [1.165, 1.54) is 16.8 Å². The third-order valence-corrected chi connectivity index (χ3v) is 14.1. The maximum Gasteiger partial charge on any atom is 0.330 e. The quantitative estimate of drug-likeness (QED) is 0.121. The molecule has 2 aromatic carbocycles. The molecule has 3 atom stereocenters. The van der Waals surface area contributed by atoms with E-state index in [-0.39, 0.29) is 17.8 Å². The first kappa shape index (κ1) is 34.5. The van der Waals surface area contributed by atoms with Crippen LogP contribution >= 0.6 is 0 Å². The molecule has 224 valence electrons. The number of carbonyl (C=O) groups is 1. The Balaban J connectivity index is 2.49. The monoisotopic (exact) mass is 575 g/mol. The lowest BCUT2D eigenvalue weighted by molar-refractivity contribution is -0.137. The number of rotatable bonds is 15. The van der Waals surface area contributed by atoms with Gasteiger partial charge in [0.05, 0.1) is 18.1 Å². The fourth-order valence-electron chi connectivity index (χ4n) is 6.38. The molecule has 0 N–H and O–H groups in total. The van der Waals surface area contributed by atoms with E-state index in [0.717, 1.165) is 36.0 Å². The van der Waals surface area contributed by atoms with E-state index >= 15 is 0 Å². The molecule has 0 fully saturated rings. The first-order chi connectivity index (χ1) is 19.4. The number of carbonyl (C=O) groups excluding carboxylic acids is 1. The van der Waals surface area contributed by atoms with Gasteiger partial charge in [-0.15, -0.1) is 0 Å². The summed E-state index contributed by atoms with van der Waals surface area (Å²) in [5.74, 6) is 0.119. The normalized spacial score (nSPS) is 15.1. The fourth-order valence-corrected chi connectivity index (χ4v) is 11.1. The third kappa shape index (κ3) is 7.99. The summed E-state index contributed by atoms with van der Waals surface area (Å²) in [6.45, 7) is 22.9. The van der Waals surface area contributed by atoms with Gasteiger partial charge in [-0.1, -0.05) is 116 Å². The van der Waals surface area contributed by atoms with Gasteiger partial charge in [0.25, 0.3) is 0 Å². The van der Waals surface area contributed by atoms with Crippen LogP contribution in [0.2, 0.25) is 11.1 Å². The van der Waals surface area contributed by atoms with Gasteiger partial charge in [-0.05, 0) is 65.2 Å². The van der Waals surface area contributed by atoms with Gasteiger partial charge in [-0.2, -0.15) is 5.26 Å². The smallest absolute Gasteiger partial charge is 0.330 e. The van der Waals surface area contributed by atoms with E-state index in [2.05, 4.69) is 111 Å². The van der Waals surface area contributed by atoms with Crippen LogP contribution in [-0.2, 0) is 19.4 Å². The number of hydrogen-bond donors (Lipinski definition) is 0. The minimum absolute atomic E-state index is 0.176. The number of nitriles is 1. The van der Waals surface area contributed by atoms with Crippen molar-refractivity contribution in [3.63, 3.8) is 0 Å². The number of nitrogens with zero attached hydrogens (tertiary/aromatic N) is 1. The lowest BCUT2D eigenvalue weighted by Gasteiger charge is -2.41. The number of hydrogen-bond acceptors (Lipinski definition) is 4. The zero-order chi connectivity index (χ0) is 30.8. The summed E-state index contributed by atoms with van der Waals surface area (Å²) in [4.78, 5) is 11.8. The second-order valence-electron chi connectivity index (χ2n) is 12.3. The highest BCUT2D eigenvalue weighted by atomic mass is 28.4. The zero-order valence-corrected chi connectivity index (χ0v) is 28.2. The van der Waals surface area contributed by atoms with Crippen LogP contribution in [0.15, 0.2) is 48.5 Å². The molecule has 2 rings (SSSR count). The van der Waals surface area contributed by atoms with Crippen LogP contribution in [0.25, 0.3) is 6.08 Å². The standard InChI is InChI=1S/C36H53NO3Si/c1-11-19-36(25-37,30(10)12-2)33-15-14-16-34(23-33)41(26(4)5,27(6)7)40-24-29(9)32-21-28(8)20-31(22-32)17-18-35(38)39-13-3/h14-18,20-23,26-27,29-30H,11-13,19,24H2,1-10H3/b18-17+.